The number of aryl methyl sites for hydroxylation is 1. The lowest BCUT2D eigenvalue weighted by molar-refractivity contribution is 0.0686. The van der Waals surface area contributed by atoms with Gasteiger partial charge in [0.25, 0.3) is 5.56 Å². The third-order valence-corrected chi connectivity index (χ3v) is 6.41. The topological polar surface area (TPSA) is 103 Å². The van der Waals surface area contributed by atoms with E-state index in [1.54, 1.807) is 34.4 Å². The van der Waals surface area contributed by atoms with Gasteiger partial charge in [-0.1, -0.05) is 60.1 Å². The molecule has 8 heteroatoms. The number of imidazole rings is 1. The van der Waals surface area contributed by atoms with E-state index in [9.17, 15) is 14.7 Å². The van der Waals surface area contributed by atoms with E-state index >= 15 is 0 Å². The number of nitrogens with zero attached hydrogens (tertiary/aromatic N) is 3. The second kappa shape index (κ2) is 8.77. The minimum atomic E-state index is -1.17. The average molecular weight is 485 g/mol. The number of rotatable bonds is 5. The Morgan fingerprint density at radius 2 is 1.69 bits per heavy atom. The van der Waals surface area contributed by atoms with E-state index in [1.165, 1.54) is 6.33 Å². The molecule has 0 amide bonds. The van der Waals surface area contributed by atoms with Crippen molar-refractivity contribution in [2.45, 2.75) is 6.04 Å². The third-order valence-electron chi connectivity index (χ3n) is 6.16. The van der Waals surface area contributed by atoms with E-state index in [-0.39, 0.29) is 17.1 Å². The molecule has 0 radical (unpaired) electrons. The highest BCUT2D eigenvalue weighted by atomic mass is 35.5. The summed E-state index contributed by atoms with van der Waals surface area (Å²) in [5.74, 6) is -1.24. The number of anilines is 1. The molecule has 7 nitrogen and oxygen atoms in total. The Morgan fingerprint density at radius 1 is 1.00 bits per heavy atom. The van der Waals surface area contributed by atoms with Crippen LogP contribution in [0.1, 0.15) is 27.7 Å². The zero-order chi connectivity index (χ0) is 24.7. The zero-order valence-corrected chi connectivity index (χ0v) is 19.5. The summed E-state index contributed by atoms with van der Waals surface area (Å²) < 4.78 is 3.15. The minimum Gasteiger partial charge on any atom is -0.476 e. The van der Waals surface area contributed by atoms with Gasteiger partial charge in [-0.2, -0.15) is 0 Å². The maximum Gasteiger partial charge on any atom is 0.356 e. The Hall–Kier alpha value is -4.36. The molecule has 0 fully saturated rings. The van der Waals surface area contributed by atoms with Crippen molar-refractivity contribution in [1.82, 2.24) is 14.1 Å². The molecule has 2 heterocycles. The molecule has 5 rings (SSSR count). The van der Waals surface area contributed by atoms with Crippen LogP contribution in [0.15, 0.2) is 90.0 Å². The van der Waals surface area contributed by atoms with Crippen LogP contribution < -0.4 is 11.3 Å². The molecule has 0 saturated carbocycles. The second-order valence-corrected chi connectivity index (χ2v) is 8.68. The largest absolute Gasteiger partial charge is 0.476 e. The summed E-state index contributed by atoms with van der Waals surface area (Å²) in [4.78, 5) is 28.8. The van der Waals surface area contributed by atoms with Crippen LogP contribution in [0.25, 0.3) is 22.0 Å². The molecule has 3 N–H and O–H groups in total. The van der Waals surface area contributed by atoms with Gasteiger partial charge in [-0.3, -0.25) is 4.79 Å². The molecule has 0 bridgehead atoms. The van der Waals surface area contributed by atoms with E-state index in [4.69, 9.17) is 17.3 Å². The van der Waals surface area contributed by atoms with E-state index in [1.807, 2.05) is 60.7 Å². The van der Waals surface area contributed by atoms with Crippen LogP contribution in [-0.4, -0.2) is 25.2 Å². The number of carboxylic acids is 1. The summed E-state index contributed by atoms with van der Waals surface area (Å²) in [5, 5.41) is 11.3. The van der Waals surface area contributed by atoms with Crippen molar-refractivity contribution in [2.75, 3.05) is 5.73 Å². The maximum atomic E-state index is 12.7. The third kappa shape index (κ3) is 3.96. The fourth-order valence-electron chi connectivity index (χ4n) is 4.46. The van der Waals surface area contributed by atoms with Crippen LogP contribution in [0.2, 0.25) is 5.02 Å². The van der Waals surface area contributed by atoms with Crippen LogP contribution in [0.5, 0.6) is 0 Å². The molecule has 2 aromatic heterocycles. The number of halogens is 1. The summed E-state index contributed by atoms with van der Waals surface area (Å²) in [5.41, 5.74) is 9.77. The highest BCUT2D eigenvalue weighted by Gasteiger charge is 2.25. The number of aromatic carboxylic acids is 1. The van der Waals surface area contributed by atoms with Crippen molar-refractivity contribution in [3.05, 3.63) is 117 Å². The molecule has 1 unspecified atom stereocenters. The predicted octanol–water partition coefficient (Wildman–Crippen LogP) is 4.97. The molecule has 0 aliphatic carbocycles. The van der Waals surface area contributed by atoms with E-state index in [0.717, 1.165) is 33.2 Å². The van der Waals surface area contributed by atoms with Crippen molar-refractivity contribution in [3.63, 3.8) is 0 Å². The molecule has 1 atom stereocenters. The number of hydrogen-bond donors (Lipinski definition) is 2. The molecule has 0 saturated heterocycles. The molecule has 0 spiro atoms. The van der Waals surface area contributed by atoms with E-state index in [0.29, 0.717) is 5.02 Å². The SMILES string of the molecule is Cn1c(=O)cc(-c2ccccc2)c2cc(C(c3ccc(Cl)cc3)n3cnc(N)c3C(=O)O)ccc21. The zero-order valence-electron chi connectivity index (χ0n) is 18.7. The Balaban J connectivity index is 1.81. The van der Waals surface area contributed by atoms with Crippen molar-refractivity contribution in [1.29, 1.82) is 0 Å². The van der Waals surface area contributed by atoms with Gasteiger partial charge in [0.15, 0.2) is 11.5 Å². The van der Waals surface area contributed by atoms with Gasteiger partial charge in [0.05, 0.1) is 17.9 Å². The molecule has 3 aromatic carbocycles. The van der Waals surface area contributed by atoms with Crippen molar-refractivity contribution < 1.29 is 9.90 Å². The minimum absolute atomic E-state index is 0.0652. The van der Waals surface area contributed by atoms with E-state index in [2.05, 4.69) is 4.98 Å². The summed E-state index contributed by atoms with van der Waals surface area (Å²) in [6, 6.07) is 23.7. The van der Waals surface area contributed by atoms with Gasteiger partial charge < -0.3 is 20.0 Å². The quantitative estimate of drug-likeness (QED) is 0.366. The number of carbonyl (C=O) groups is 1. The first-order valence-corrected chi connectivity index (χ1v) is 11.2. The lowest BCUT2D eigenvalue weighted by atomic mass is 9.94. The van der Waals surface area contributed by atoms with Crippen LogP contribution in [0, 0.1) is 0 Å². The highest BCUT2D eigenvalue weighted by molar-refractivity contribution is 6.30. The molecule has 174 valence electrons. The summed E-state index contributed by atoms with van der Waals surface area (Å²) in [7, 11) is 1.73. The Labute approximate surface area is 205 Å². The number of hydrogen-bond acceptors (Lipinski definition) is 4. The fraction of sp³-hybridized carbons (Fsp3) is 0.0741. The lowest BCUT2D eigenvalue weighted by Crippen LogP contribution is -2.19. The second-order valence-electron chi connectivity index (χ2n) is 8.24. The van der Waals surface area contributed by atoms with Crippen molar-refractivity contribution in [3.8, 4) is 11.1 Å². The van der Waals surface area contributed by atoms with Gasteiger partial charge in [0, 0.05) is 23.5 Å². The van der Waals surface area contributed by atoms with Gasteiger partial charge in [0.2, 0.25) is 0 Å². The number of aromatic nitrogens is 3. The van der Waals surface area contributed by atoms with Gasteiger partial charge in [-0.05, 0) is 46.5 Å². The fourth-order valence-corrected chi connectivity index (χ4v) is 4.58. The van der Waals surface area contributed by atoms with Crippen LogP contribution in [-0.2, 0) is 7.05 Å². The molecule has 35 heavy (non-hydrogen) atoms. The number of fused-ring (bicyclic) bond motifs is 1. The number of pyridine rings is 1. The molecular formula is C27H21ClN4O3. The smallest absolute Gasteiger partial charge is 0.356 e. The first-order valence-electron chi connectivity index (χ1n) is 10.9. The van der Waals surface area contributed by atoms with Crippen LogP contribution >= 0.6 is 11.6 Å². The Kier molecular flexibility index (Phi) is 5.62. The summed E-state index contributed by atoms with van der Waals surface area (Å²) in [6.07, 6.45) is 1.43. The normalized spacial score (nSPS) is 12.1. The first-order chi connectivity index (χ1) is 16.8. The molecule has 0 aliphatic rings. The average Bonchev–Trinajstić information content (AvgIpc) is 3.24. The standard InChI is InChI=1S/C27H21ClN4O3/c1-31-22-12-9-18(13-21(22)20(14-23(31)33)16-5-3-2-4-6-16)24(17-7-10-19(28)11-8-17)32-15-30-26(29)25(32)27(34)35/h2-15,24H,29H2,1H3,(H,34,35). The first kappa shape index (κ1) is 22.4. The van der Waals surface area contributed by atoms with Gasteiger partial charge in [-0.25, -0.2) is 9.78 Å². The molecule has 0 aliphatic heterocycles. The van der Waals surface area contributed by atoms with Crippen molar-refractivity contribution in [2.24, 2.45) is 7.05 Å². The van der Waals surface area contributed by atoms with Crippen LogP contribution in [0.3, 0.4) is 0 Å². The van der Waals surface area contributed by atoms with Crippen LogP contribution in [0.4, 0.5) is 5.82 Å². The number of nitrogens with two attached hydrogens (primary N) is 1. The Morgan fingerprint density at radius 3 is 2.37 bits per heavy atom. The van der Waals surface area contributed by atoms with Gasteiger partial charge >= 0.3 is 5.97 Å². The van der Waals surface area contributed by atoms with Crippen molar-refractivity contribution >= 4 is 34.3 Å². The number of nitrogen functional groups attached to an aromatic ring is 1. The molecular weight excluding hydrogens is 464 g/mol. The monoisotopic (exact) mass is 484 g/mol. The number of carboxylic acid groups (broad SMARTS) is 1. The summed E-state index contributed by atoms with van der Waals surface area (Å²) in [6.45, 7) is 0. The maximum absolute atomic E-state index is 12.7. The lowest BCUT2D eigenvalue weighted by Gasteiger charge is -2.22. The number of benzene rings is 3. The Bertz CT molecular complexity index is 1620. The molecule has 5 aromatic rings. The predicted molar refractivity (Wildman–Crippen MR) is 137 cm³/mol. The summed E-state index contributed by atoms with van der Waals surface area (Å²) >= 11 is 6.13. The van der Waals surface area contributed by atoms with Gasteiger partial charge in [0.1, 0.15) is 0 Å². The van der Waals surface area contributed by atoms with E-state index < -0.39 is 12.0 Å². The van der Waals surface area contributed by atoms with Gasteiger partial charge in [-0.15, -0.1) is 0 Å². The highest BCUT2D eigenvalue weighted by Crippen LogP contribution is 2.34.